The van der Waals surface area contributed by atoms with Crippen LogP contribution in [0.25, 0.3) is 0 Å². The van der Waals surface area contributed by atoms with Crippen molar-refractivity contribution in [3.8, 4) is 0 Å². The van der Waals surface area contributed by atoms with Crippen molar-refractivity contribution in [2.24, 2.45) is 0 Å². The SMILES string of the molecule is Cc1ccc(F)cc1CC(C)(O)c1ccccc1Cl. The number of aliphatic hydroxyl groups is 1. The van der Waals surface area contributed by atoms with Gasteiger partial charge in [0.05, 0.1) is 5.60 Å². The van der Waals surface area contributed by atoms with Crippen molar-refractivity contribution in [1.82, 2.24) is 0 Å². The van der Waals surface area contributed by atoms with Crippen LogP contribution in [0.5, 0.6) is 0 Å². The van der Waals surface area contributed by atoms with E-state index in [1.54, 1.807) is 25.1 Å². The number of benzene rings is 2. The van der Waals surface area contributed by atoms with Crippen LogP contribution in [0.1, 0.15) is 23.6 Å². The molecule has 0 aliphatic rings. The summed E-state index contributed by atoms with van der Waals surface area (Å²) >= 11 is 6.11. The Kier molecular flexibility index (Phi) is 3.93. The van der Waals surface area contributed by atoms with E-state index >= 15 is 0 Å². The summed E-state index contributed by atoms with van der Waals surface area (Å²) in [6, 6.07) is 11.8. The average molecular weight is 279 g/mol. The van der Waals surface area contributed by atoms with Crippen molar-refractivity contribution in [1.29, 1.82) is 0 Å². The van der Waals surface area contributed by atoms with Crippen LogP contribution in [0.3, 0.4) is 0 Å². The molecule has 0 spiro atoms. The predicted molar refractivity (Wildman–Crippen MR) is 75.9 cm³/mol. The molecule has 1 atom stereocenters. The first-order chi connectivity index (χ1) is 8.90. The summed E-state index contributed by atoms with van der Waals surface area (Å²) in [7, 11) is 0. The Balaban J connectivity index is 2.36. The van der Waals surface area contributed by atoms with Crippen molar-refractivity contribution in [3.63, 3.8) is 0 Å². The highest BCUT2D eigenvalue weighted by molar-refractivity contribution is 6.31. The summed E-state index contributed by atoms with van der Waals surface area (Å²) in [6.45, 7) is 3.59. The first-order valence-corrected chi connectivity index (χ1v) is 6.50. The molecule has 0 aromatic heterocycles. The molecule has 0 saturated carbocycles. The molecule has 2 aromatic rings. The molecule has 1 N–H and O–H groups in total. The van der Waals surface area contributed by atoms with Gasteiger partial charge in [-0.3, -0.25) is 0 Å². The van der Waals surface area contributed by atoms with Crippen LogP contribution in [0.4, 0.5) is 4.39 Å². The number of rotatable bonds is 3. The van der Waals surface area contributed by atoms with E-state index in [0.717, 1.165) is 11.1 Å². The summed E-state index contributed by atoms with van der Waals surface area (Å²) in [5, 5.41) is 11.1. The van der Waals surface area contributed by atoms with E-state index in [0.29, 0.717) is 17.0 Å². The van der Waals surface area contributed by atoms with Gasteiger partial charge in [-0.2, -0.15) is 0 Å². The Labute approximate surface area is 117 Å². The lowest BCUT2D eigenvalue weighted by Crippen LogP contribution is -2.25. The molecule has 2 aromatic carbocycles. The highest BCUT2D eigenvalue weighted by atomic mass is 35.5. The summed E-state index contributed by atoms with van der Waals surface area (Å²) < 4.78 is 13.3. The zero-order valence-corrected chi connectivity index (χ0v) is 11.7. The van der Waals surface area contributed by atoms with E-state index < -0.39 is 5.60 Å². The van der Waals surface area contributed by atoms with Crippen molar-refractivity contribution in [2.75, 3.05) is 0 Å². The third-order valence-electron chi connectivity index (χ3n) is 3.30. The van der Waals surface area contributed by atoms with Crippen LogP contribution in [-0.2, 0) is 12.0 Å². The molecule has 0 bridgehead atoms. The number of halogens is 2. The molecule has 0 heterocycles. The van der Waals surface area contributed by atoms with Crippen LogP contribution in [0.15, 0.2) is 42.5 Å². The molecule has 1 unspecified atom stereocenters. The summed E-state index contributed by atoms with van der Waals surface area (Å²) in [5.74, 6) is -0.296. The molecule has 0 fully saturated rings. The second kappa shape index (κ2) is 5.32. The Morgan fingerprint density at radius 2 is 1.89 bits per heavy atom. The topological polar surface area (TPSA) is 20.2 Å². The first-order valence-electron chi connectivity index (χ1n) is 6.12. The van der Waals surface area contributed by atoms with Gasteiger partial charge in [-0.1, -0.05) is 35.9 Å². The van der Waals surface area contributed by atoms with Crippen molar-refractivity contribution >= 4 is 11.6 Å². The van der Waals surface area contributed by atoms with Gasteiger partial charge in [0.25, 0.3) is 0 Å². The lowest BCUT2D eigenvalue weighted by molar-refractivity contribution is 0.0575. The van der Waals surface area contributed by atoms with Crippen molar-refractivity contribution in [2.45, 2.75) is 25.9 Å². The van der Waals surface area contributed by atoms with Gasteiger partial charge in [0.15, 0.2) is 0 Å². The Hall–Kier alpha value is -1.38. The summed E-state index contributed by atoms with van der Waals surface area (Å²) in [4.78, 5) is 0. The summed E-state index contributed by atoms with van der Waals surface area (Å²) in [5.41, 5.74) is 1.26. The standard InChI is InChI=1S/C16H16ClFO/c1-11-7-8-13(18)9-12(11)10-16(2,19)14-5-3-4-6-15(14)17/h3-9,19H,10H2,1-2H3. The van der Waals surface area contributed by atoms with Gasteiger partial charge in [0, 0.05) is 17.0 Å². The van der Waals surface area contributed by atoms with Gasteiger partial charge < -0.3 is 5.11 Å². The molecule has 19 heavy (non-hydrogen) atoms. The van der Waals surface area contributed by atoms with Gasteiger partial charge in [-0.05, 0) is 43.2 Å². The number of hydrogen-bond acceptors (Lipinski definition) is 1. The highest BCUT2D eigenvalue weighted by Gasteiger charge is 2.26. The van der Waals surface area contributed by atoms with E-state index in [2.05, 4.69) is 0 Å². The van der Waals surface area contributed by atoms with E-state index in [-0.39, 0.29) is 5.82 Å². The minimum Gasteiger partial charge on any atom is -0.385 e. The Morgan fingerprint density at radius 1 is 1.21 bits per heavy atom. The maximum atomic E-state index is 13.3. The fraction of sp³-hybridized carbons (Fsp3) is 0.250. The molecule has 0 aliphatic carbocycles. The fourth-order valence-corrected chi connectivity index (χ4v) is 2.53. The average Bonchev–Trinajstić information content (AvgIpc) is 2.34. The third kappa shape index (κ3) is 3.14. The van der Waals surface area contributed by atoms with E-state index in [1.165, 1.54) is 12.1 Å². The molecule has 2 rings (SSSR count). The van der Waals surface area contributed by atoms with E-state index in [1.807, 2.05) is 19.1 Å². The Bertz CT molecular complexity index is 593. The van der Waals surface area contributed by atoms with Crippen LogP contribution in [-0.4, -0.2) is 5.11 Å². The lowest BCUT2D eigenvalue weighted by Gasteiger charge is -2.26. The maximum Gasteiger partial charge on any atom is 0.123 e. The molecule has 0 aliphatic heterocycles. The molecular weight excluding hydrogens is 263 g/mol. The zero-order chi connectivity index (χ0) is 14.0. The van der Waals surface area contributed by atoms with Gasteiger partial charge in [0.2, 0.25) is 0 Å². The maximum absolute atomic E-state index is 13.3. The van der Waals surface area contributed by atoms with E-state index in [4.69, 9.17) is 11.6 Å². The monoisotopic (exact) mass is 278 g/mol. The minimum atomic E-state index is -1.13. The van der Waals surface area contributed by atoms with Gasteiger partial charge in [0.1, 0.15) is 5.82 Å². The molecule has 0 radical (unpaired) electrons. The molecule has 100 valence electrons. The lowest BCUT2D eigenvalue weighted by atomic mass is 9.87. The van der Waals surface area contributed by atoms with Gasteiger partial charge in [-0.25, -0.2) is 4.39 Å². The fourth-order valence-electron chi connectivity index (χ4n) is 2.19. The second-order valence-electron chi connectivity index (χ2n) is 5.00. The largest absolute Gasteiger partial charge is 0.385 e. The van der Waals surface area contributed by atoms with E-state index in [9.17, 15) is 9.50 Å². The predicted octanol–water partition coefficient (Wildman–Crippen LogP) is 4.24. The quantitative estimate of drug-likeness (QED) is 0.890. The number of aryl methyl sites for hydroxylation is 1. The summed E-state index contributed by atoms with van der Waals surface area (Å²) in [6.07, 6.45) is 0.320. The smallest absolute Gasteiger partial charge is 0.123 e. The van der Waals surface area contributed by atoms with Crippen LogP contribution in [0.2, 0.25) is 5.02 Å². The molecular formula is C16H16ClFO. The second-order valence-corrected chi connectivity index (χ2v) is 5.41. The highest BCUT2D eigenvalue weighted by Crippen LogP contribution is 2.31. The third-order valence-corrected chi connectivity index (χ3v) is 3.63. The van der Waals surface area contributed by atoms with Crippen molar-refractivity contribution < 1.29 is 9.50 Å². The molecule has 1 nitrogen and oxygen atoms in total. The minimum absolute atomic E-state index is 0.296. The molecule has 0 saturated heterocycles. The molecule has 0 amide bonds. The normalized spacial score (nSPS) is 14.2. The van der Waals surface area contributed by atoms with Gasteiger partial charge >= 0.3 is 0 Å². The van der Waals surface area contributed by atoms with Crippen LogP contribution >= 0.6 is 11.6 Å². The van der Waals surface area contributed by atoms with Gasteiger partial charge in [-0.15, -0.1) is 0 Å². The zero-order valence-electron chi connectivity index (χ0n) is 11.0. The van der Waals surface area contributed by atoms with Crippen molar-refractivity contribution in [3.05, 3.63) is 70.0 Å². The Morgan fingerprint density at radius 3 is 2.58 bits per heavy atom. The molecule has 3 heteroatoms. The van der Waals surface area contributed by atoms with Crippen LogP contribution in [0, 0.1) is 12.7 Å². The first kappa shape index (κ1) is 14.0. The van der Waals surface area contributed by atoms with Crippen LogP contribution < -0.4 is 0 Å². The number of hydrogen-bond donors (Lipinski definition) is 1.